The molecule has 1 amide bonds. The van der Waals surface area contributed by atoms with Crippen molar-refractivity contribution in [2.45, 2.75) is 6.42 Å². The Bertz CT molecular complexity index is 499. The summed E-state index contributed by atoms with van der Waals surface area (Å²) < 4.78 is 0. The van der Waals surface area contributed by atoms with Gasteiger partial charge >= 0.3 is 0 Å². The molecule has 0 unspecified atom stereocenters. The number of carbonyl (C=O) groups excluding carboxylic acids is 1. The zero-order valence-electron chi connectivity index (χ0n) is 9.02. The Balaban J connectivity index is 1.85. The summed E-state index contributed by atoms with van der Waals surface area (Å²) >= 11 is 7.41. The van der Waals surface area contributed by atoms with E-state index in [0.29, 0.717) is 17.3 Å². The van der Waals surface area contributed by atoms with Crippen molar-refractivity contribution in [3.8, 4) is 0 Å². The number of nitrogens with one attached hydrogen (secondary N) is 1. The average molecular weight is 267 g/mol. The summed E-state index contributed by atoms with van der Waals surface area (Å²) in [7, 11) is 0. The number of thiophene rings is 1. The Hall–Kier alpha value is -1.39. The van der Waals surface area contributed by atoms with E-state index in [9.17, 15) is 4.79 Å². The van der Waals surface area contributed by atoms with E-state index in [0.717, 1.165) is 6.42 Å². The average Bonchev–Trinajstić information content (AvgIpc) is 2.82. The molecule has 0 spiro atoms. The van der Waals surface area contributed by atoms with Crippen LogP contribution in [0.4, 0.5) is 0 Å². The number of aromatic nitrogens is 1. The number of rotatable bonds is 4. The largest absolute Gasteiger partial charge is 0.352 e. The monoisotopic (exact) mass is 266 g/mol. The topological polar surface area (TPSA) is 42.0 Å². The fourth-order valence-electron chi connectivity index (χ4n) is 1.40. The van der Waals surface area contributed by atoms with Crippen molar-refractivity contribution in [3.05, 3.63) is 51.4 Å². The number of halogens is 1. The maximum atomic E-state index is 11.7. The van der Waals surface area contributed by atoms with Gasteiger partial charge in [-0.2, -0.15) is 0 Å². The molecule has 2 heterocycles. The Kier molecular flexibility index (Phi) is 4.12. The first-order chi connectivity index (χ1) is 8.25. The first kappa shape index (κ1) is 12.1. The van der Waals surface area contributed by atoms with Crippen LogP contribution < -0.4 is 5.32 Å². The summed E-state index contributed by atoms with van der Waals surface area (Å²) in [5.41, 5.74) is 0.538. The zero-order valence-corrected chi connectivity index (χ0v) is 10.6. The van der Waals surface area contributed by atoms with Crippen molar-refractivity contribution >= 4 is 28.8 Å². The number of hydrogen-bond donors (Lipinski definition) is 1. The lowest BCUT2D eigenvalue weighted by Gasteiger charge is -2.04. The second kappa shape index (κ2) is 5.80. The highest BCUT2D eigenvalue weighted by Gasteiger charge is 2.05. The molecule has 0 aliphatic heterocycles. The summed E-state index contributed by atoms with van der Waals surface area (Å²) in [5.74, 6) is -0.120. The lowest BCUT2D eigenvalue weighted by Crippen LogP contribution is -2.25. The van der Waals surface area contributed by atoms with Gasteiger partial charge in [0.2, 0.25) is 0 Å². The standard InChI is InChI=1S/C12H11ClN2OS/c13-11-8-9(3-5-14-11)12(16)15-6-4-10-2-1-7-17-10/h1-3,5,7-8H,4,6H2,(H,15,16). The Morgan fingerprint density at radius 1 is 1.47 bits per heavy atom. The third-order valence-corrected chi connectivity index (χ3v) is 3.37. The normalized spacial score (nSPS) is 10.2. The molecule has 88 valence electrons. The maximum Gasteiger partial charge on any atom is 0.251 e. The minimum atomic E-state index is -0.120. The van der Waals surface area contributed by atoms with E-state index >= 15 is 0 Å². The predicted octanol–water partition coefficient (Wildman–Crippen LogP) is 2.77. The molecule has 0 bridgehead atoms. The van der Waals surface area contributed by atoms with E-state index in [1.807, 2.05) is 11.4 Å². The maximum absolute atomic E-state index is 11.7. The fourth-order valence-corrected chi connectivity index (χ4v) is 2.28. The molecular weight excluding hydrogens is 256 g/mol. The van der Waals surface area contributed by atoms with Gasteiger partial charge in [-0.3, -0.25) is 4.79 Å². The number of amides is 1. The Morgan fingerprint density at radius 3 is 3.06 bits per heavy atom. The molecule has 0 saturated carbocycles. The van der Waals surface area contributed by atoms with Crippen molar-refractivity contribution in [1.29, 1.82) is 0 Å². The summed E-state index contributed by atoms with van der Waals surface area (Å²) in [6.45, 7) is 0.624. The van der Waals surface area contributed by atoms with Gasteiger partial charge in [-0.25, -0.2) is 4.98 Å². The van der Waals surface area contributed by atoms with Crippen LogP contribution >= 0.6 is 22.9 Å². The second-order valence-corrected chi connectivity index (χ2v) is 4.87. The predicted molar refractivity (Wildman–Crippen MR) is 69.6 cm³/mol. The van der Waals surface area contributed by atoms with Gasteiger partial charge < -0.3 is 5.32 Å². The molecular formula is C12H11ClN2OS. The Labute approximate surface area is 108 Å². The molecule has 5 heteroatoms. The first-order valence-electron chi connectivity index (χ1n) is 5.18. The van der Waals surface area contributed by atoms with Crippen LogP contribution in [0.25, 0.3) is 0 Å². The van der Waals surface area contributed by atoms with E-state index < -0.39 is 0 Å². The van der Waals surface area contributed by atoms with Gasteiger partial charge in [0.15, 0.2) is 0 Å². The number of hydrogen-bond acceptors (Lipinski definition) is 3. The molecule has 17 heavy (non-hydrogen) atoms. The second-order valence-electron chi connectivity index (χ2n) is 3.45. The van der Waals surface area contributed by atoms with Crippen LogP contribution in [-0.2, 0) is 6.42 Å². The van der Waals surface area contributed by atoms with Crippen LogP contribution in [-0.4, -0.2) is 17.4 Å². The van der Waals surface area contributed by atoms with Gasteiger partial charge in [-0.15, -0.1) is 11.3 Å². The van der Waals surface area contributed by atoms with Gasteiger partial charge in [-0.1, -0.05) is 17.7 Å². The van der Waals surface area contributed by atoms with E-state index in [4.69, 9.17) is 11.6 Å². The molecule has 3 nitrogen and oxygen atoms in total. The molecule has 0 fully saturated rings. The number of nitrogens with zero attached hydrogens (tertiary/aromatic N) is 1. The molecule has 0 radical (unpaired) electrons. The smallest absolute Gasteiger partial charge is 0.251 e. The lowest BCUT2D eigenvalue weighted by molar-refractivity contribution is 0.0954. The number of carbonyl (C=O) groups is 1. The summed E-state index contributed by atoms with van der Waals surface area (Å²) in [5, 5.41) is 5.20. The molecule has 2 aromatic rings. The van der Waals surface area contributed by atoms with Crippen LogP contribution in [0.2, 0.25) is 5.15 Å². The minimum Gasteiger partial charge on any atom is -0.352 e. The van der Waals surface area contributed by atoms with Gasteiger partial charge in [-0.05, 0) is 30.0 Å². The van der Waals surface area contributed by atoms with E-state index in [1.165, 1.54) is 11.1 Å². The summed E-state index contributed by atoms with van der Waals surface area (Å²) in [6.07, 6.45) is 2.37. The minimum absolute atomic E-state index is 0.120. The van der Waals surface area contributed by atoms with Crippen LogP contribution in [0.3, 0.4) is 0 Å². The SMILES string of the molecule is O=C(NCCc1cccs1)c1ccnc(Cl)c1. The summed E-state index contributed by atoms with van der Waals surface area (Å²) in [6, 6.07) is 7.26. The van der Waals surface area contributed by atoms with Gasteiger partial charge in [0.05, 0.1) is 0 Å². The molecule has 1 N–H and O–H groups in total. The van der Waals surface area contributed by atoms with Crippen molar-refractivity contribution in [3.63, 3.8) is 0 Å². The molecule has 2 aromatic heterocycles. The van der Waals surface area contributed by atoms with E-state index in [1.54, 1.807) is 23.5 Å². The van der Waals surface area contributed by atoms with Crippen molar-refractivity contribution < 1.29 is 4.79 Å². The van der Waals surface area contributed by atoms with Crippen LogP contribution in [0.1, 0.15) is 15.2 Å². The molecule has 0 aliphatic rings. The molecule has 2 rings (SSSR count). The molecule has 0 saturated heterocycles. The van der Waals surface area contributed by atoms with Crippen molar-refractivity contribution in [2.24, 2.45) is 0 Å². The highest BCUT2D eigenvalue weighted by atomic mass is 35.5. The van der Waals surface area contributed by atoms with Crippen LogP contribution in [0.15, 0.2) is 35.8 Å². The number of pyridine rings is 1. The fraction of sp³-hybridized carbons (Fsp3) is 0.167. The van der Waals surface area contributed by atoms with Crippen LogP contribution in [0.5, 0.6) is 0 Å². The van der Waals surface area contributed by atoms with Gasteiger partial charge in [0.25, 0.3) is 5.91 Å². The van der Waals surface area contributed by atoms with Gasteiger partial charge in [0, 0.05) is 23.2 Å². The third-order valence-electron chi connectivity index (χ3n) is 2.23. The highest BCUT2D eigenvalue weighted by molar-refractivity contribution is 7.09. The quantitative estimate of drug-likeness (QED) is 0.865. The lowest BCUT2D eigenvalue weighted by atomic mass is 10.2. The zero-order chi connectivity index (χ0) is 12.1. The molecule has 0 aromatic carbocycles. The van der Waals surface area contributed by atoms with Gasteiger partial charge in [0.1, 0.15) is 5.15 Å². The van der Waals surface area contributed by atoms with Crippen molar-refractivity contribution in [1.82, 2.24) is 10.3 Å². The highest BCUT2D eigenvalue weighted by Crippen LogP contribution is 2.09. The van der Waals surface area contributed by atoms with Crippen LogP contribution in [0, 0.1) is 0 Å². The summed E-state index contributed by atoms with van der Waals surface area (Å²) in [4.78, 5) is 16.8. The molecule has 0 atom stereocenters. The van der Waals surface area contributed by atoms with Crippen molar-refractivity contribution in [2.75, 3.05) is 6.54 Å². The van der Waals surface area contributed by atoms with E-state index in [-0.39, 0.29) is 5.91 Å². The van der Waals surface area contributed by atoms with E-state index in [2.05, 4.69) is 16.4 Å². The molecule has 0 aliphatic carbocycles. The first-order valence-corrected chi connectivity index (χ1v) is 6.43. The third kappa shape index (κ3) is 3.54. The Morgan fingerprint density at radius 2 is 2.35 bits per heavy atom.